The van der Waals surface area contributed by atoms with Gasteiger partial charge in [0, 0.05) is 24.7 Å². The molecule has 4 heteroatoms. The second-order valence-electron chi connectivity index (χ2n) is 9.25. The van der Waals surface area contributed by atoms with Crippen LogP contribution in [0.15, 0.2) is 36.4 Å². The van der Waals surface area contributed by atoms with Gasteiger partial charge in [0.25, 0.3) is 0 Å². The summed E-state index contributed by atoms with van der Waals surface area (Å²) in [6.45, 7) is 0.218. The van der Waals surface area contributed by atoms with E-state index in [2.05, 4.69) is 41.2 Å². The Morgan fingerprint density at radius 1 is 1.13 bits per heavy atom. The highest BCUT2D eigenvalue weighted by molar-refractivity contribution is 5.84. The number of methoxy groups -OCH3 is 1. The molecule has 0 spiro atoms. The predicted molar refractivity (Wildman–Crippen MR) is 123 cm³/mol. The maximum absolute atomic E-state index is 12.5. The Bertz CT molecular complexity index is 730. The molecule has 170 valence electrons. The number of esters is 1. The molecule has 0 bridgehead atoms. The van der Waals surface area contributed by atoms with Gasteiger partial charge in [-0.2, -0.15) is 0 Å². The van der Waals surface area contributed by atoms with Crippen LogP contribution in [-0.4, -0.2) is 30.6 Å². The molecule has 2 aliphatic carbocycles. The van der Waals surface area contributed by atoms with Gasteiger partial charge in [-0.15, -0.1) is 0 Å². The zero-order valence-corrected chi connectivity index (χ0v) is 18.9. The molecular formula is C27H38O4. The minimum atomic E-state index is -0.171. The van der Waals surface area contributed by atoms with Gasteiger partial charge < -0.3 is 9.84 Å². The molecule has 1 unspecified atom stereocenters. The molecule has 0 heterocycles. The summed E-state index contributed by atoms with van der Waals surface area (Å²) >= 11 is 0. The Kier molecular flexibility index (Phi) is 9.32. The van der Waals surface area contributed by atoms with Crippen LogP contribution in [0.3, 0.4) is 0 Å². The molecule has 0 amide bonds. The summed E-state index contributed by atoms with van der Waals surface area (Å²) in [5.74, 6) is 1.36. The van der Waals surface area contributed by atoms with Gasteiger partial charge in [0.2, 0.25) is 0 Å². The standard InChI is InChI=1S/C27H38O4/c1-31-27(30)12-8-3-2-7-11-24-23(17-18-26(24)29)21-13-15-22(16-14-21)25(19-28)20-9-5-4-6-10-20/h2,7,13-16,20,23-25,28H,3-6,8-12,17-19H2,1H3/b7-2-/t23-,24-,25?/m1/s1. The second-order valence-corrected chi connectivity index (χ2v) is 9.25. The summed E-state index contributed by atoms with van der Waals surface area (Å²) < 4.78 is 4.66. The van der Waals surface area contributed by atoms with Crippen molar-refractivity contribution in [2.24, 2.45) is 11.8 Å². The molecule has 0 saturated heterocycles. The first kappa shape index (κ1) is 23.7. The predicted octanol–water partition coefficient (Wildman–Crippen LogP) is 5.70. The summed E-state index contributed by atoms with van der Waals surface area (Å²) in [5.41, 5.74) is 2.49. The highest BCUT2D eigenvalue weighted by atomic mass is 16.5. The van der Waals surface area contributed by atoms with Crippen LogP contribution in [0.4, 0.5) is 0 Å². The molecule has 0 aliphatic heterocycles. The van der Waals surface area contributed by atoms with Gasteiger partial charge in [-0.25, -0.2) is 0 Å². The molecule has 2 aliphatic rings. The molecule has 1 aromatic rings. The van der Waals surface area contributed by atoms with E-state index in [0.717, 1.165) is 25.7 Å². The molecular weight excluding hydrogens is 388 g/mol. The van der Waals surface area contributed by atoms with E-state index in [1.807, 2.05) is 0 Å². The number of Topliss-reactive ketones (excluding diaryl/α,β-unsaturated/α-hetero) is 1. The van der Waals surface area contributed by atoms with Crippen LogP contribution in [0.5, 0.6) is 0 Å². The molecule has 1 aromatic carbocycles. The minimum absolute atomic E-state index is 0.0506. The highest BCUT2D eigenvalue weighted by Gasteiger charge is 2.34. The van der Waals surface area contributed by atoms with Crippen molar-refractivity contribution < 1.29 is 19.4 Å². The van der Waals surface area contributed by atoms with E-state index < -0.39 is 0 Å². The molecule has 0 radical (unpaired) electrons. The number of unbranched alkanes of at least 4 members (excludes halogenated alkanes) is 1. The molecule has 1 N–H and O–H groups in total. The van der Waals surface area contributed by atoms with Crippen LogP contribution in [0, 0.1) is 11.8 Å². The molecule has 0 aromatic heterocycles. The van der Waals surface area contributed by atoms with E-state index in [4.69, 9.17) is 0 Å². The summed E-state index contributed by atoms with van der Waals surface area (Å²) in [4.78, 5) is 23.7. The summed E-state index contributed by atoms with van der Waals surface area (Å²) in [5, 5.41) is 10.0. The Morgan fingerprint density at radius 2 is 1.87 bits per heavy atom. The topological polar surface area (TPSA) is 63.6 Å². The van der Waals surface area contributed by atoms with Crippen LogP contribution in [0.1, 0.15) is 93.6 Å². The fourth-order valence-electron chi connectivity index (χ4n) is 5.48. The SMILES string of the molecule is COC(=O)CCC/C=C\C[C@H]1C(=O)CC[C@@H]1c1ccc(C(CO)C2CCCCC2)cc1. The summed E-state index contributed by atoms with van der Waals surface area (Å²) in [7, 11) is 1.41. The number of aliphatic hydroxyl groups excluding tert-OH is 1. The third kappa shape index (κ3) is 6.52. The van der Waals surface area contributed by atoms with Crippen molar-refractivity contribution in [2.75, 3.05) is 13.7 Å². The van der Waals surface area contributed by atoms with E-state index in [9.17, 15) is 14.7 Å². The van der Waals surface area contributed by atoms with Crippen LogP contribution in [-0.2, 0) is 14.3 Å². The number of carbonyl (C=O) groups is 2. The number of ether oxygens (including phenoxy) is 1. The lowest BCUT2D eigenvalue weighted by Crippen LogP contribution is -2.19. The van der Waals surface area contributed by atoms with Crippen molar-refractivity contribution in [3.63, 3.8) is 0 Å². The first-order valence-electron chi connectivity index (χ1n) is 12.1. The zero-order valence-electron chi connectivity index (χ0n) is 18.9. The summed E-state index contributed by atoms with van der Waals surface area (Å²) in [6.07, 6.45) is 14.9. The molecule has 3 rings (SSSR count). The van der Waals surface area contributed by atoms with E-state index >= 15 is 0 Å². The molecule has 2 saturated carbocycles. The van der Waals surface area contributed by atoms with Crippen molar-refractivity contribution in [3.05, 3.63) is 47.5 Å². The quantitative estimate of drug-likeness (QED) is 0.296. The number of benzene rings is 1. The van der Waals surface area contributed by atoms with Gasteiger partial charge in [0.05, 0.1) is 13.7 Å². The van der Waals surface area contributed by atoms with Crippen LogP contribution in [0.25, 0.3) is 0 Å². The first-order chi connectivity index (χ1) is 15.1. The average molecular weight is 427 g/mol. The molecule has 31 heavy (non-hydrogen) atoms. The Morgan fingerprint density at radius 3 is 2.55 bits per heavy atom. The van der Waals surface area contributed by atoms with Crippen molar-refractivity contribution in [1.29, 1.82) is 0 Å². The normalized spacial score (nSPS) is 23.4. The van der Waals surface area contributed by atoms with Gasteiger partial charge in [-0.3, -0.25) is 9.59 Å². The van der Waals surface area contributed by atoms with Crippen molar-refractivity contribution in [3.8, 4) is 0 Å². The lowest BCUT2D eigenvalue weighted by Gasteiger charge is -2.29. The van der Waals surface area contributed by atoms with E-state index in [1.54, 1.807) is 0 Å². The molecule has 4 nitrogen and oxygen atoms in total. The lowest BCUT2D eigenvalue weighted by molar-refractivity contribution is -0.140. The highest BCUT2D eigenvalue weighted by Crippen LogP contribution is 2.41. The van der Waals surface area contributed by atoms with Gasteiger partial charge >= 0.3 is 5.97 Å². The molecule has 3 atom stereocenters. The number of allylic oxidation sites excluding steroid dienone is 2. The third-order valence-corrected chi connectivity index (χ3v) is 7.35. The number of ketones is 1. The maximum atomic E-state index is 12.5. The van der Waals surface area contributed by atoms with Crippen molar-refractivity contribution >= 4 is 11.8 Å². The number of hydrogen-bond donors (Lipinski definition) is 1. The number of rotatable bonds is 10. The van der Waals surface area contributed by atoms with Crippen LogP contribution >= 0.6 is 0 Å². The smallest absolute Gasteiger partial charge is 0.305 e. The largest absolute Gasteiger partial charge is 0.469 e. The monoisotopic (exact) mass is 426 g/mol. The lowest BCUT2D eigenvalue weighted by atomic mass is 9.76. The van der Waals surface area contributed by atoms with Gasteiger partial charge in [-0.1, -0.05) is 55.7 Å². The van der Waals surface area contributed by atoms with Crippen molar-refractivity contribution in [2.45, 2.75) is 82.5 Å². The fraction of sp³-hybridized carbons (Fsp3) is 0.630. The third-order valence-electron chi connectivity index (χ3n) is 7.35. The minimum Gasteiger partial charge on any atom is -0.469 e. The summed E-state index contributed by atoms with van der Waals surface area (Å²) in [6, 6.07) is 8.76. The van der Waals surface area contributed by atoms with E-state index in [-0.39, 0.29) is 30.3 Å². The Hall–Kier alpha value is -1.94. The van der Waals surface area contributed by atoms with Gasteiger partial charge in [-0.05, 0) is 61.5 Å². The maximum Gasteiger partial charge on any atom is 0.305 e. The number of aliphatic hydroxyl groups is 1. The average Bonchev–Trinajstić information content (AvgIpc) is 3.18. The molecule has 2 fully saturated rings. The van der Waals surface area contributed by atoms with E-state index in [1.165, 1.54) is 50.3 Å². The van der Waals surface area contributed by atoms with Gasteiger partial charge in [0.1, 0.15) is 5.78 Å². The number of carbonyl (C=O) groups excluding carboxylic acids is 2. The fourth-order valence-corrected chi connectivity index (χ4v) is 5.48. The first-order valence-corrected chi connectivity index (χ1v) is 12.1. The second kappa shape index (κ2) is 12.2. The van der Waals surface area contributed by atoms with Crippen molar-refractivity contribution in [1.82, 2.24) is 0 Å². The number of hydrogen-bond acceptors (Lipinski definition) is 4. The van der Waals surface area contributed by atoms with E-state index in [0.29, 0.717) is 24.5 Å². The Balaban J connectivity index is 1.57. The van der Waals surface area contributed by atoms with Crippen LogP contribution in [0.2, 0.25) is 0 Å². The zero-order chi connectivity index (χ0) is 22.1. The van der Waals surface area contributed by atoms with Gasteiger partial charge in [0.15, 0.2) is 0 Å². The van der Waals surface area contributed by atoms with Crippen LogP contribution < -0.4 is 0 Å². The Labute approximate surface area is 187 Å².